The monoisotopic (exact) mass is 245 g/mol. The Hall–Kier alpha value is -2.03. The van der Waals surface area contributed by atoms with Crippen molar-refractivity contribution < 1.29 is 9.13 Å². The van der Waals surface area contributed by atoms with E-state index in [0.717, 1.165) is 5.56 Å². The van der Waals surface area contributed by atoms with E-state index in [1.54, 1.807) is 6.07 Å². The fourth-order valence-electron chi connectivity index (χ4n) is 1.69. The van der Waals surface area contributed by atoms with Crippen molar-refractivity contribution in [3.05, 3.63) is 59.4 Å². The van der Waals surface area contributed by atoms with Crippen LogP contribution >= 0.6 is 0 Å². The molecule has 0 spiro atoms. The normalized spacial score (nSPS) is 10.2. The summed E-state index contributed by atoms with van der Waals surface area (Å²) in [6, 6.07) is 12.8. The quantitative estimate of drug-likeness (QED) is 0.885. The lowest BCUT2D eigenvalue weighted by atomic mass is 10.1. The van der Waals surface area contributed by atoms with Gasteiger partial charge in [-0.1, -0.05) is 29.8 Å². The molecule has 2 aromatic carbocycles. The highest BCUT2D eigenvalue weighted by Gasteiger charge is 2.01. The molecule has 0 bridgehead atoms. The number of methoxy groups -OCH3 is 1. The van der Waals surface area contributed by atoms with Gasteiger partial charge in [0.2, 0.25) is 0 Å². The van der Waals surface area contributed by atoms with Crippen LogP contribution in [0, 0.1) is 12.7 Å². The Morgan fingerprint density at radius 2 is 1.83 bits per heavy atom. The first-order valence-electron chi connectivity index (χ1n) is 5.81. The highest BCUT2D eigenvalue weighted by atomic mass is 19.1. The number of ether oxygens (including phenoxy) is 1. The maximum Gasteiger partial charge on any atom is 0.128 e. The van der Waals surface area contributed by atoms with Gasteiger partial charge in [0.15, 0.2) is 0 Å². The zero-order valence-corrected chi connectivity index (χ0v) is 10.5. The van der Waals surface area contributed by atoms with Crippen molar-refractivity contribution in [1.29, 1.82) is 0 Å². The molecule has 1 N–H and O–H groups in total. The molecule has 0 fully saturated rings. The number of anilines is 1. The maximum atomic E-state index is 13.3. The van der Waals surface area contributed by atoms with E-state index in [1.165, 1.54) is 24.8 Å². The minimum atomic E-state index is -0.305. The summed E-state index contributed by atoms with van der Waals surface area (Å²) >= 11 is 0. The van der Waals surface area contributed by atoms with Gasteiger partial charge in [0.1, 0.15) is 11.6 Å². The molecule has 0 atom stereocenters. The van der Waals surface area contributed by atoms with Crippen LogP contribution in [0.4, 0.5) is 10.1 Å². The second kappa shape index (κ2) is 5.54. The Morgan fingerprint density at radius 3 is 2.50 bits per heavy atom. The van der Waals surface area contributed by atoms with Gasteiger partial charge in [-0.3, -0.25) is 0 Å². The molecular weight excluding hydrogens is 229 g/mol. The smallest absolute Gasteiger partial charge is 0.128 e. The van der Waals surface area contributed by atoms with E-state index in [-0.39, 0.29) is 5.82 Å². The standard InChI is InChI=1S/C15H16FNO/c1-11-3-5-12(6-4-11)10-17-14-7-13(16)8-15(9-14)18-2/h3-9,17H,10H2,1-2H3. The van der Waals surface area contributed by atoms with E-state index < -0.39 is 0 Å². The van der Waals surface area contributed by atoms with Crippen LogP contribution < -0.4 is 10.1 Å². The molecule has 0 aliphatic heterocycles. The molecule has 0 aliphatic carbocycles. The molecule has 94 valence electrons. The van der Waals surface area contributed by atoms with Crippen LogP contribution in [-0.2, 0) is 6.54 Å². The number of nitrogens with one attached hydrogen (secondary N) is 1. The van der Waals surface area contributed by atoms with Gasteiger partial charge in [0, 0.05) is 24.4 Å². The third kappa shape index (κ3) is 3.23. The van der Waals surface area contributed by atoms with Crippen molar-refractivity contribution in [2.24, 2.45) is 0 Å². The number of hydrogen-bond donors (Lipinski definition) is 1. The fraction of sp³-hybridized carbons (Fsp3) is 0.200. The van der Waals surface area contributed by atoms with Gasteiger partial charge in [-0.05, 0) is 18.6 Å². The van der Waals surface area contributed by atoms with Gasteiger partial charge in [-0.15, -0.1) is 0 Å². The summed E-state index contributed by atoms with van der Waals surface area (Å²) in [5.74, 6) is 0.210. The maximum absolute atomic E-state index is 13.3. The minimum Gasteiger partial charge on any atom is -0.497 e. The average molecular weight is 245 g/mol. The number of hydrogen-bond acceptors (Lipinski definition) is 2. The van der Waals surface area contributed by atoms with E-state index >= 15 is 0 Å². The van der Waals surface area contributed by atoms with E-state index in [9.17, 15) is 4.39 Å². The topological polar surface area (TPSA) is 21.3 Å². The van der Waals surface area contributed by atoms with Crippen molar-refractivity contribution in [2.75, 3.05) is 12.4 Å². The summed E-state index contributed by atoms with van der Waals surface area (Å²) < 4.78 is 18.3. The molecule has 0 heterocycles. The zero-order valence-electron chi connectivity index (χ0n) is 10.5. The number of aryl methyl sites for hydroxylation is 1. The summed E-state index contributed by atoms with van der Waals surface area (Å²) in [5.41, 5.74) is 3.10. The van der Waals surface area contributed by atoms with Crippen LogP contribution in [-0.4, -0.2) is 7.11 Å². The van der Waals surface area contributed by atoms with Gasteiger partial charge in [-0.2, -0.15) is 0 Å². The van der Waals surface area contributed by atoms with Crippen LogP contribution in [0.25, 0.3) is 0 Å². The van der Waals surface area contributed by atoms with Crippen molar-refractivity contribution in [1.82, 2.24) is 0 Å². The molecule has 0 radical (unpaired) electrons. The average Bonchev–Trinajstić information content (AvgIpc) is 2.37. The van der Waals surface area contributed by atoms with Crippen molar-refractivity contribution in [3.63, 3.8) is 0 Å². The third-order valence-corrected chi connectivity index (χ3v) is 2.72. The van der Waals surface area contributed by atoms with E-state index in [2.05, 4.69) is 36.5 Å². The molecule has 18 heavy (non-hydrogen) atoms. The first-order chi connectivity index (χ1) is 8.67. The van der Waals surface area contributed by atoms with Crippen LogP contribution in [0.15, 0.2) is 42.5 Å². The first kappa shape index (κ1) is 12.4. The van der Waals surface area contributed by atoms with Crippen LogP contribution in [0.3, 0.4) is 0 Å². The summed E-state index contributed by atoms with van der Waals surface area (Å²) in [4.78, 5) is 0. The minimum absolute atomic E-state index is 0.305. The predicted molar refractivity (Wildman–Crippen MR) is 71.5 cm³/mol. The molecule has 0 amide bonds. The summed E-state index contributed by atoms with van der Waals surface area (Å²) in [6.45, 7) is 2.71. The Balaban J connectivity index is 2.05. The van der Waals surface area contributed by atoms with E-state index in [1.807, 2.05) is 0 Å². The van der Waals surface area contributed by atoms with E-state index in [4.69, 9.17) is 4.74 Å². The largest absolute Gasteiger partial charge is 0.497 e. The Labute approximate surface area is 106 Å². The van der Waals surface area contributed by atoms with Crippen LogP contribution in [0.5, 0.6) is 5.75 Å². The van der Waals surface area contributed by atoms with Crippen LogP contribution in [0.2, 0.25) is 0 Å². The summed E-state index contributed by atoms with van der Waals surface area (Å²) in [5, 5.41) is 3.18. The number of rotatable bonds is 4. The molecule has 2 rings (SSSR count). The van der Waals surface area contributed by atoms with Gasteiger partial charge in [0.25, 0.3) is 0 Å². The lowest BCUT2D eigenvalue weighted by Gasteiger charge is -2.09. The van der Waals surface area contributed by atoms with Crippen molar-refractivity contribution in [3.8, 4) is 5.75 Å². The molecule has 0 unspecified atom stereocenters. The van der Waals surface area contributed by atoms with Crippen molar-refractivity contribution >= 4 is 5.69 Å². The van der Waals surface area contributed by atoms with Crippen LogP contribution in [0.1, 0.15) is 11.1 Å². The predicted octanol–water partition coefficient (Wildman–Crippen LogP) is 3.75. The lowest BCUT2D eigenvalue weighted by Crippen LogP contribution is -2.00. The summed E-state index contributed by atoms with van der Waals surface area (Å²) in [7, 11) is 1.53. The summed E-state index contributed by atoms with van der Waals surface area (Å²) in [6.07, 6.45) is 0. The Morgan fingerprint density at radius 1 is 1.11 bits per heavy atom. The molecule has 0 aromatic heterocycles. The zero-order chi connectivity index (χ0) is 13.0. The SMILES string of the molecule is COc1cc(F)cc(NCc2ccc(C)cc2)c1. The number of halogens is 1. The second-order valence-electron chi connectivity index (χ2n) is 4.22. The molecule has 3 heteroatoms. The molecule has 0 aliphatic rings. The highest BCUT2D eigenvalue weighted by Crippen LogP contribution is 2.20. The second-order valence-corrected chi connectivity index (χ2v) is 4.22. The Kier molecular flexibility index (Phi) is 3.82. The molecule has 2 aromatic rings. The Bertz CT molecular complexity index is 523. The highest BCUT2D eigenvalue weighted by molar-refractivity contribution is 5.49. The molecule has 0 saturated carbocycles. The fourth-order valence-corrected chi connectivity index (χ4v) is 1.69. The van der Waals surface area contributed by atoms with Gasteiger partial charge < -0.3 is 10.1 Å². The van der Waals surface area contributed by atoms with E-state index in [0.29, 0.717) is 18.0 Å². The van der Waals surface area contributed by atoms with Crippen molar-refractivity contribution in [2.45, 2.75) is 13.5 Å². The molecule has 0 saturated heterocycles. The number of benzene rings is 2. The van der Waals surface area contributed by atoms with Gasteiger partial charge in [0.05, 0.1) is 7.11 Å². The first-order valence-corrected chi connectivity index (χ1v) is 5.81. The van der Waals surface area contributed by atoms with Gasteiger partial charge >= 0.3 is 0 Å². The van der Waals surface area contributed by atoms with Gasteiger partial charge in [-0.25, -0.2) is 4.39 Å². The molecule has 2 nitrogen and oxygen atoms in total. The lowest BCUT2D eigenvalue weighted by molar-refractivity contribution is 0.411. The third-order valence-electron chi connectivity index (χ3n) is 2.72. The molecular formula is C15H16FNO.